The minimum Gasteiger partial charge on any atom is -0.480 e. The van der Waals surface area contributed by atoms with E-state index in [1.165, 1.54) is 0 Å². The van der Waals surface area contributed by atoms with Crippen molar-refractivity contribution in [2.24, 2.45) is 0 Å². The van der Waals surface area contributed by atoms with E-state index in [1.54, 1.807) is 18.0 Å². The largest absolute Gasteiger partial charge is 0.480 e. The monoisotopic (exact) mass is 283 g/mol. The highest BCUT2D eigenvalue weighted by Crippen LogP contribution is 2.39. The van der Waals surface area contributed by atoms with Gasteiger partial charge in [0.15, 0.2) is 0 Å². The molecule has 0 saturated heterocycles. The van der Waals surface area contributed by atoms with Crippen molar-refractivity contribution in [3.63, 3.8) is 0 Å². The Hall–Kier alpha value is -0.940. The molecule has 1 aromatic rings. The van der Waals surface area contributed by atoms with Crippen LogP contribution in [0.15, 0.2) is 21.6 Å². The van der Waals surface area contributed by atoms with Gasteiger partial charge in [0.05, 0.1) is 6.26 Å². The highest BCUT2D eigenvalue weighted by molar-refractivity contribution is 8.00. The van der Waals surface area contributed by atoms with Crippen LogP contribution in [0.1, 0.15) is 38.4 Å². The second kappa shape index (κ2) is 6.01. The van der Waals surface area contributed by atoms with E-state index < -0.39 is 11.5 Å². The maximum Gasteiger partial charge on any atom is 0.323 e. The quantitative estimate of drug-likeness (QED) is 0.869. The van der Waals surface area contributed by atoms with Crippen molar-refractivity contribution in [2.75, 3.05) is 6.54 Å². The van der Waals surface area contributed by atoms with E-state index in [0.29, 0.717) is 18.2 Å². The molecule has 0 amide bonds. The molecule has 0 aromatic carbocycles. The van der Waals surface area contributed by atoms with Crippen LogP contribution in [-0.2, 0) is 4.79 Å². The zero-order valence-electron chi connectivity index (χ0n) is 11.4. The van der Waals surface area contributed by atoms with E-state index in [-0.39, 0.29) is 0 Å². The van der Waals surface area contributed by atoms with Crippen molar-refractivity contribution in [3.05, 3.63) is 18.1 Å². The van der Waals surface area contributed by atoms with E-state index in [4.69, 9.17) is 4.42 Å². The molecular formula is C14H21NO3S. The molecule has 0 spiro atoms. The standard InChI is InChI=1S/C14H21NO3S/c1-3-15-14(13(16)17)7-4-5-11(9-14)19-12-6-8-18-10(12)2/h6,8,11,15H,3-5,7,9H2,1-2H3,(H,16,17). The van der Waals surface area contributed by atoms with Crippen LogP contribution < -0.4 is 5.32 Å². The predicted molar refractivity (Wildman–Crippen MR) is 75.6 cm³/mol. The number of likely N-dealkylation sites (N-methyl/N-ethyl adjacent to an activating group) is 1. The molecule has 0 aliphatic heterocycles. The summed E-state index contributed by atoms with van der Waals surface area (Å²) in [5.74, 6) is 0.198. The third kappa shape index (κ3) is 3.15. The Bertz CT molecular complexity index is 442. The number of carbonyl (C=O) groups is 1. The Morgan fingerprint density at radius 1 is 1.68 bits per heavy atom. The lowest BCUT2D eigenvalue weighted by Gasteiger charge is -2.37. The van der Waals surface area contributed by atoms with E-state index in [2.05, 4.69) is 5.32 Å². The summed E-state index contributed by atoms with van der Waals surface area (Å²) in [6, 6.07) is 1.96. The van der Waals surface area contributed by atoms with Crippen molar-refractivity contribution >= 4 is 17.7 Å². The first kappa shape index (κ1) is 14.5. The lowest BCUT2D eigenvalue weighted by Crippen LogP contribution is -2.55. The molecule has 4 nitrogen and oxygen atoms in total. The van der Waals surface area contributed by atoms with E-state index in [9.17, 15) is 9.90 Å². The molecule has 1 heterocycles. The lowest BCUT2D eigenvalue weighted by molar-refractivity contribution is -0.146. The lowest BCUT2D eigenvalue weighted by atomic mass is 9.81. The molecule has 1 aliphatic carbocycles. The molecule has 19 heavy (non-hydrogen) atoms. The van der Waals surface area contributed by atoms with E-state index in [0.717, 1.165) is 29.9 Å². The Morgan fingerprint density at radius 2 is 2.47 bits per heavy atom. The fourth-order valence-electron chi connectivity index (χ4n) is 2.77. The van der Waals surface area contributed by atoms with Crippen molar-refractivity contribution in [3.8, 4) is 0 Å². The van der Waals surface area contributed by atoms with Crippen LogP contribution in [0.5, 0.6) is 0 Å². The van der Waals surface area contributed by atoms with Crippen molar-refractivity contribution in [2.45, 2.75) is 55.2 Å². The molecule has 1 aromatic heterocycles. The molecule has 2 unspecified atom stereocenters. The van der Waals surface area contributed by atoms with Gasteiger partial charge in [-0.2, -0.15) is 0 Å². The number of aryl methyl sites for hydroxylation is 1. The summed E-state index contributed by atoms with van der Waals surface area (Å²) < 4.78 is 5.30. The number of carboxylic acids is 1. The van der Waals surface area contributed by atoms with Crippen LogP contribution in [0.3, 0.4) is 0 Å². The molecule has 0 bridgehead atoms. The maximum atomic E-state index is 11.6. The SMILES string of the molecule is CCNC1(C(=O)O)CCCC(Sc2ccoc2C)C1. The van der Waals surface area contributed by atoms with Gasteiger partial charge in [-0.1, -0.05) is 6.92 Å². The zero-order valence-corrected chi connectivity index (χ0v) is 12.3. The van der Waals surface area contributed by atoms with Gasteiger partial charge in [0.25, 0.3) is 0 Å². The number of aliphatic carboxylic acids is 1. The minimum atomic E-state index is -0.748. The fourth-order valence-corrected chi connectivity index (χ4v) is 4.13. The number of hydrogen-bond acceptors (Lipinski definition) is 4. The maximum absolute atomic E-state index is 11.6. The normalized spacial score (nSPS) is 27.4. The topological polar surface area (TPSA) is 62.5 Å². The van der Waals surface area contributed by atoms with Gasteiger partial charge >= 0.3 is 5.97 Å². The van der Waals surface area contributed by atoms with Crippen LogP contribution in [-0.4, -0.2) is 28.4 Å². The highest BCUT2D eigenvalue weighted by atomic mass is 32.2. The molecule has 2 N–H and O–H groups in total. The van der Waals surface area contributed by atoms with Gasteiger partial charge < -0.3 is 14.8 Å². The second-order valence-electron chi connectivity index (χ2n) is 5.09. The first-order valence-corrected chi connectivity index (χ1v) is 7.64. The number of carboxylic acid groups (broad SMARTS) is 1. The average molecular weight is 283 g/mol. The van der Waals surface area contributed by atoms with Gasteiger partial charge in [-0.25, -0.2) is 0 Å². The van der Waals surface area contributed by atoms with Gasteiger partial charge in [0, 0.05) is 10.1 Å². The number of furan rings is 1. The van der Waals surface area contributed by atoms with Crippen molar-refractivity contribution < 1.29 is 14.3 Å². The summed E-state index contributed by atoms with van der Waals surface area (Å²) in [7, 11) is 0. The Balaban J connectivity index is 2.07. The zero-order chi connectivity index (χ0) is 13.9. The van der Waals surface area contributed by atoms with Crippen LogP contribution in [0.25, 0.3) is 0 Å². The molecule has 1 saturated carbocycles. The van der Waals surface area contributed by atoms with Gasteiger partial charge in [-0.3, -0.25) is 4.79 Å². The smallest absolute Gasteiger partial charge is 0.323 e. The molecule has 1 aliphatic rings. The summed E-state index contributed by atoms with van der Waals surface area (Å²) in [6.45, 7) is 4.59. The van der Waals surface area contributed by atoms with Gasteiger partial charge in [0.2, 0.25) is 0 Å². The first-order valence-electron chi connectivity index (χ1n) is 6.76. The van der Waals surface area contributed by atoms with Crippen LogP contribution >= 0.6 is 11.8 Å². The summed E-state index contributed by atoms with van der Waals surface area (Å²) >= 11 is 1.75. The molecular weight excluding hydrogens is 262 g/mol. The molecule has 1 fully saturated rings. The predicted octanol–water partition coefficient (Wildman–Crippen LogP) is 3.06. The fraction of sp³-hybridized carbons (Fsp3) is 0.643. The third-order valence-electron chi connectivity index (χ3n) is 3.74. The first-order chi connectivity index (χ1) is 9.07. The Kier molecular flexibility index (Phi) is 4.58. The average Bonchev–Trinajstić information content (AvgIpc) is 2.76. The van der Waals surface area contributed by atoms with Gasteiger partial charge in [0.1, 0.15) is 11.3 Å². The summed E-state index contributed by atoms with van der Waals surface area (Å²) in [6.07, 6.45) is 5.10. The summed E-state index contributed by atoms with van der Waals surface area (Å²) in [5, 5.41) is 13.0. The highest BCUT2D eigenvalue weighted by Gasteiger charge is 2.42. The number of thioether (sulfide) groups is 1. The van der Waals surface area contributed by atoms with Crippen LogP contribution in [0.4, 0.5) is 0 Å². The second-order valence-corrected chi connectivity index (χ2v) is 6.44. The Labute approximate surface area is 117 Å². The number of rotatable bonds is 5. The van der Waals surface area contributed by atoms with Crippen LogP contribution in [0, 0.1) is 6.92 Å². The van der Waals surface area contributed by atoms with E-state index >= 15 is 0 Å². The van der Waals surface area contributed by atoms with Crippen LogP contribution in [0.2, 0.25) is 0 Å². The molecule has 2 rings (SSSR count). The Morgan fingerprint density at radius 3 is 3.05 bits per heavy atom. The van der Waals surface area contributed by atoms with Crippen molar-refractivity contribution in [1.29, 1.82) is 0 Å². The molecule has 0 radical (unpaired) electrons. The number of nitrogens with one attached hydrogen (secondary N) is 1. The molecule has 106 valence electrons. The number of hydrogen-bond donors (Lipinski definition) is 2. The molecule has 2 atom stereocenters. The summed E-state index contributed by atoms with van der Waals surface area (Å²) in [5.41, 5.74) is -0.748. The molecule has 5 heteroatoms. The minimum absolute atomic E-state index is 0.334. The van der Waals surface area contributed by atoms with Crippen molar-refractivity contribution in [1.82, 2.24) is 5.32 Å². The third-order valence-corrected chi connectivity index (χ3v) is 5.15. The van der Waals surface area contributed by atoms with E-state index in [1.807, 2.05) is 19.9 Å². The van der Waals surface area contributed by atoms with Gasteiger partial charge in [-0.15, -0.1) is 11.8 Å². The van der Waals surface area contributed by atoms with Gasteiger partial charge in [-0.05, 0) is 45.2 Å². The summed E-state index contributed by atoms with van der Waals surface area (Å²) in [4.78, 5) is 12.7.